The molecule has 0 atom stereocenters. The van der Waals surface area contributed by atoms with Crippen LogP contribution in [0.4, 0.5) is 0 Å². The van der Waals surface area contributed by atoms with Crippen LogP contribution in [-0.2, 0) is 0 Å². The molecule has 1 aromatic heterocycles. The van der Waals surface area contributed by atoms with Crippen molar-refractivity contribution in [2.24, 2.45) is 0 Å². The number of halogens is 1. The van der Waals surface area contributed by atoms with Gasteiger partial charge in [-0.2, -0.15) is 0 Å². The predicted octanol–water partition coefficient (Wildman–Crippen LogP) is 2.53. The Morgan fingerprint density at radius 3 is 2.64 bits per heavy atom. The third-order valence-electron chi connectivity index (χ3n) is 3.10. The highest BCUT2D eigenvalue weighted by molar-refractivity contribution is 7.16. The van der Waals surface area contributed by atoms with Crippen molar-refractivity contribution in [3.8, 4) is 16.3 Å². The van der Waals surface area contributed by atoms with Crippen LogP contribution in [0.1, 0.15) is 9.67 Å². The Labute approximate surface area is 140 Å². The number of benzene rings is 1. The van der Waals surface area contributed by atoms with E-state index in [0.29, 0.717) is 11.4 Å². The molecule has 0 radical (unpaired) electrons. The van der Waals surface area contributed by atoms with Gasteiger partial charge in [0.2, 0.25) is 0 Å². The van der Waals surface area contributed by atoms with Crippen molar-refractivity contribution < 1.29 is 9.53 Å². The van der Waals surface area contributed by atoms with Gasteiger partial charge in [-0.3, -0.25) is 4.79 Å². The molecule has 1 aromatic carbocycles. The second-order valence-corrected chi connectivity index (χ2v) is 5.62. The minimum atomic E-state index is 0. The largest absolute Gasteiger partial charge is 0.497 e. The summed E-state index contributed by atoms with van der Waals surface area (Å²) in [6.07, 6.45) is 1.64. The molecule has 0 saturated heterocycles. The van der Waals surface area contributed by atoms with Gasteiger partial charge in [0.25, 0.3) is 5.91 Å². The number of thiazole rings is 1. The molecule has 0 fully saturated rings. The average Bonchev–Trinajstić information content (AvgIpc) is 3.01. The zero-order valence-corrected chi connectivity index (χ0v) is 14.5. The molecule has 5 nitrogen and oxygen atoms in total. The lowest BCUT2D eigenvalue weighted by Gasteiger charge is -2.15. The Kier molecular flexibility index (Phi) is 7.31. The van der Waals surface area contributed by atoms with Crippen LogP contribution in [0, 0.1) is 0 Å². The van der Waals surface area contributed by atoms with E-state index in [0.717, 1.165) is 22.9 Å². The standard InChI is InChI=1S/C15H19N3O2S.ClH/c1-16-8-9-18(2)15(19)13-10-17-14(21-13)11-4-6-12(20-3)7-5-11;/h4-7,10,16H,8-9H2,1-3H3;1H. The summed E-state index contributed by atoms with van der Waals surface area (Å²) < 4.78 is 5.13. The van der Waals surface area contributed by atoms with Crippen LogP contribution in [0.5, 0.6) is 5.75 Å². The predicted molar refractivity (Wildman–Crippen MR) is 92.2 cm³/mol. The first-order chi connectivity index (χ1) is 10.2. The summed E-state index contributed by atoms with van der Waals surface area (Å²) in [7, 11) is 5.30. The molecule has 0 spiro atoms. The number of rotatable bonds is 6. The van der Waals surface area contributed by atoms with Gasteiger partial charge >= 0.3 is 0 Å². The number of nitrogens with one attached hydrogen (secondary N) is 1. The van der Waals surface area contributed by atoms with E-state index in [4.69, 9.17) is 4.74 Å². The molecule has 2 aromatic rings. The summed E-state index contributed by atoms with van der Waals surface area (Å²) in [5.41, 5.74) is 0.984. The topological polar surface area (TPSA) is 54.5 Å². The van der Waals surface area contributed by atoms with Gasteiger partial charge in [0.1, 0.15) is 15.6 Å². The van der Waals surface area contributed by atoms with Crippen molar-refractivity contribution in [1.29, 1.82) is 0 Å². The van der Waals surface area contributed by atoms with Crippen molar-refractivity contribution in [3.05, 3.63) is 35.3 Å². The van der Waals surface area contributed by atoms with E-state index in [9.17, 15) is 4.79 Å². The quantitative estimate of drug-likeness (QED) is 0.877. The monoisotopic (exact) mass is 341 g/mol. The SMILES string of the molecule is CNCCN(C)C(=O)c1cnc(-c2ccc(OC)cc2)s1.Cl. The molecule has 0 aliphatic rings. The smallest absolute Gasteiger partial charge is 0.265 e. The molecule has 7 heteroatoms. The van der Waals surface area contributed by atoms with Gasteiger partial charge in [-0.1, -0.05) is 0 Å². The molecule has 0 bridgehead atoms. The van der Waals surface area contributed by atoms with Crippen molar-refractivity contribution in [2.75, 3.05) is 34.3 Å². The minimum absolute atomic E-state index is 0. The molecule has 0 unspecified atom stereocenters. The fourth-order valence-corrected chi connectivity index (χ4v) is 2.73. The van der Waals surface area contributed by atoms with E-state index < -0.39 is 0 Å². The van der Waals surface area contributed by atoms with Gasteiger partial charge in [0.05, 0.1) is 13.3 Å². The second-order valence-electron chi connectivity index (χ2n) is 4.59. The minimum Gasteiger partial charge on any atom is -0.497 e. The van der Waals surface area contributed by atoms with E-state index in [1.807, 2.05) is 31.3 Å². The molecule has 1 N–H and O–H groups in total. The Balaban J connectivity index is 0.00000242. The maximum absolute atomic E-state index is 12.2. The van der Waals surface area contributed by atoms with Crippen LogP contribution < -0.4 is 10.1 Å². The summed E-state index contributed by atoms with van der Waals surface area (Å²) in [6, 6.07) is 7.65. The number of methoxy groups -OCH3 is 1. The first-order valence-electron chi connectivity index (χ1n) is 6.66. The number of ether oxygens (including phenoxy) is 1. The zero-order chi connectivity index (χ0) is 15.2. The summed E-state index contributed by atoms with van der Waals surface area (Å²) in [5.74, 6) is 0.806. The molecular formula is C15H20ClN3O2S. The third-order valence-corrected chi connectivity index (χ3v) is 4.13. The van der Waals surface area contributed by atoms with Crippen molar-refractivity contribution in [3.63, 3.8) is 0 Å². The molecule has 0 aliphatic carbocycles. The normalized spacial score (nSPS) is 9.95. The highest BCUT2D eigenvalue weighted by Crippen LogP contribution is 2.27. The van der Waals surface area contributed by atoms with Crippen LogP contribution in [0.2, 0.25) is 0 Å². The van der Waals surface area contributed by atoms with Gasteiger partial charge < -0.3 is 15.0 Å². The fourth-order valence-electron chi connectivity index (χ4n) is 1.81. The van der Waals surface area contributed by atoms with Gasteiger partial charge in [-0.15, -0.1) is 23.7 Å². The van der Waals surface area contributed by atoms with Gasteiger partial charge in [0, 0.05) is 25.7 Å². The average molecular weight is 342 g/mol. The molecule has 0 aliphatic heterocycles. The maximum atomic E-state index is 12.2. The van der Waals surface area contributed by atoms with Gasteiger partial charge in [0.15, 0.2) is 0 Å². The van der Waals surface area contributed by atoms with E-state index in [1.54, 1.807) is 25.3 Å². The molecular weight excluding hydrogens is 322 g/mol. The molecule has 1 amide bonds. The summed E-state index contributed by atoms with van der Waals surface area (Å²) in [4.78, 5) is 18.9. The summed E-state index contributed by atoms with van der Waals surface area (Å²) in [6.45, 7) is 1.44. The Morgan fingerprint density at radius 2 is 2.05 bits per heavy atom. The van der Waals surface area contributed by atoms with Gasteiger partial charge in [-0.25, -0.2) is 4.98 Å². The summed E-state index contributed by atoms with van der Waals surface area (Å²) >= 11 is 1.41. The lowest BCUT2D eigenvalue weighted by atomic mass is 10.2. The van der Waals surface area contributed by atoms with Crippen LogP contribution in [0.3, 0.4) is 0 Å². The molecule has 0 saturated carbocycles. The van der Waals surface area contributed by atoms with Gasteiger partial charge in [-0.05, 0) is 31.3 Å². The van der Waals surface area contributed by atoms with Crippen molar-refractivity contribution in [2.45, 2.75) is 0 Å². The number of nitrogens with zero attached hydrogens (tertiary/aromatic N) is 2. The Morgan fingerprint density at radius 1 is 1.36 bits per heavy atom. The van der Waals surface area contributed by atoms with Crippen LogP contribution >= 0.6 is 23.7 Å². The number of aromatic nitrogens is 1. The first kappa shape index (κ1) is 18.4. The number of hydrogen-bond donors (Lipinski definition) is 1. The van der Waals surface area contributed by atoms with Crippen LogP contribution in [-0.4, -0.2) is 50.1 Å². The van der Waals surface area contributed by atoms with Crippen molar-refractivity contribution >= 4 is 29.7 Å². The summed E-state index contributed by atoms with van der Waals surface area (Å²) in [5, 5.41) is 3.86. The van der Waals surface area contributed by atoms with E-state index >= 15 is 0 Å². The molecule has 2 rings (SSSR count). The first-order valence-corrected chi connectivity index (χ1v) is 7.47. The van der Waals surface area contributed by atoms with Crippen molar-refractivity contribution in [1.82, 2.24) is 15.2 Å². The van der Waals surface area contributed by atoms with E-state index in [1.165, 1.54) is 11.3 Å². The maximum Gasteiger partial charge on any atom is 0.265 e. The van der Waals surface area contributed by atoms with Crippen LogP contribution in [0.15, 0.2) is 30.5 Å². The Hall–Kier alpha value is -1.63. The number of carbonyl (C=O) groups is 1. The fraction of sp³-hybridized carbons (Fsp3) is 0.333. The molecule has 22 heavy (non-hydrogen) atoms. The molecule has 1 heterocycles. The number of amides is 1. The highest BCUT2D eigenvalue weighted by Gasteiger charge is 2.15. The lowest BCUT2D eigenvalue weighted by molar-refractivity contribution is 0.0801. The zero-order valence-electron chi connectivity index (χ0n) is 12.8. The van der Waals surface area contributed by atoms with E-state index in [-0.39, 0.29) is 18.3 Å². The number of carbonyl (C=O) groups excluding carboxylic acids is 1. The number of hydrogen-bond acceptors (Lipinski definition) is 5. The van der Waals surface area contributed by atoms with Crippen LogP contribution in [0.25, 0.3) is 10.6 Å². The molecule has 120 valence electrons. The lowest BCUT2D eigenvalue weighted by Crippen LogP contribution is -2.32. The highest BCUT2D eigenvalue weighted by atomic mass is 35.5. The number of likely N-dealkylation sites (N-methyl/N-ethyl adjacent to an activating group) is 2. The Bertz CT molecular complexity index is 601. The third kappa shape index (κ3) is 4.43. The second kappa shape index (κ2) is 8.73. The van der Waals surface area contributed by atoms with E-state index in [2.05, 4.69) is 10.3 Å².